The molecule has 0 spiro atoms. The summed E-state index contributed by atoms with van der Waals surface area (Å²) >= 11 is 0. The number of carbonyl (C=O) groups is 1. The standard InChI is InChI=1S/C12H5F19O6/c1-33-3(32)34-2-4(13,14)35-9(24,25)10(26,27)37-12(30,31)11(28,29)36-8(22,23)6(17,18)5(15,16)7(19,20)21/h2H2,1H3. The summed E-state index contributed by atoms with van der Waals surface area (Å²) in [4.78, 5) is 10.4. The molecular formula is C12H5F19O6. The van der Waals surface area contributed by atoms with Gasteiger partial charge < -0.3 is 9.47 Å². The first kappa shape index (κ1) is 34.8. The molecule has 37 heavy (non-hydrogen) atoms. The van der Waals surface area contributed by atoms with Crippen molar-refractivity contribution in [3.05, 3.63) is 0 Å². The van der Waals surface area contributed by atoms with Crippen LogP contribution in [0.2, 0.25) is 0 Å². The molecule has 0 heterocycles. The van der Waals surface area contributed by atoms with E-state index in [4.69, 9.17) is 0 Å². The lowest BCUT2D eigenvalue weighted by atomic mass is 10.1. The average Bonchev–Trinajstić information content (AvgIpc) is 2.62. The molecule has 0 aromatic rings. The Labute approximate surface area is 188 Å². The first-order valence-corrected chi connectivity index (χ1v) is 7.73. The van der Waals surface area contributed by atoms with Gasteiger partial charge in [0.05, 0.1) is 7.11 Å². The van der Waals surface area contributed by atoms with Gasteiger partial charge in [0.2, 0.25) is 0 Å². The third kappa shape index (κ3) is 7.23. The minimum absolute atomic E-state index is 0.423. The van der Waals surface area contributed by atoms with Gasteiger partial charge in [-0.2, -0.15) is 83.4 Å². The Morgan fingerprint density at radius 2 is 0.838 bits per heavy atom. The van der Waals surface area contributed by atoms with Crippen molar-refractivity contribution in [1.82, 2.24) is 0 Å². The van der Waals surface area contributed by atoms with Crippen LogP contribution >= 0.6 is 0 Å². The van der Waals surface area contributed by atoms with Crippen molar-refractivity contribution in [2.45, 2.75) is 54.7 Å². The van der Waals surface area contributed by atoms with E-state index in [2.05, 4.69) is 9.47 Å². The molecule has 0 aliphatic carbocycles. The summed E-state index contributed by atoms with van der Waals surface area (Å²) in [5, 5.41) is 0. The highest BCUT2D eigenvalue weighted by atomic mass is 19.4. The number of hydrogen-bond acceptors (Lipinski definition) is 6. The Morgan fingerprint density at radius 3 is 1.16 bits per heavy atom. The number of alkyl halides is 19. The number of methoxy groups -OCH3 is 1. The Kier molecular flexibility index (Phi) is 9.27. The van der Waals surface area contributed by atoms with Gasteiger partial charge in [0, 0.05) is 0 Å². The molecule has 0 saturated carbocycles. The highest BCUT2D eigenvalue weighted by Gasteiger charge is 2.85. The first-order valence-electron chi connectivity index (χ1n) is 7.73. The van der Waals surface area contributed by atoms with E-state index >= 15 is 0 Å². The highest BCUT2D eigenvalue weighted by molar-refractivity contribution is 5.59. The minimum Gasteiger partial charge on any atom is -0.438 e. The molecule has 0 aromatic carbocycles. The summed E-state index contributed by atoms with van der Waals surface area (Å²) in [6.07, 6.45) is -54.2. The highest BCUT2D eigenvalue weighted by Crippen LogP contribution is 2.56. The van der Waals surface area contributed by atoms with Crippen LogP contribution in [0.25, 0.3) is 0 Å². The van der Waals surface area contributed by atoms with E-state index in [1.165, 1.54) is 4.74 Å². The van der Waals surface area contributed by atoms with Gasteiger partial charge in [-0.3, -0.25) is 0 Å². The van der Waals surface area contributed by atoms with E-state index in [9.17, 15) is 88.2 Å². The molecule has 0 amide bonds. The fraction of sp³-hybridized carbons (Fsp3) is 0.917. The lowest BCUT2D eigenvalue weighted by Crippen LogP contribution is -2.65. The number of rotatable bonds is 12. The molecule has 25 heteroatoms. The van der Waals surface area contributed by atoms with Crippen LogP contribution in [0.4, 0.5) is 88.2 Å². The van der Waals surface area contributed by atoms with Crippen LogP contribution in [-0.2, 0) is 23.7 Å². The van der Waals surface area contributed by atoms with Crippen molar-refractivity contribution in [3.63, 3.8) is 0 Å². The van der Waals surface area contributed by atoms with E-state index < -0.39 is 67.4 Å². The monoisotopic (exact) mass is 606 g/mol. The molecule has 0 aliphatic heterocycles. The largest absolute Gasteiger partial charge is 0.508 e. The van der Waals surface area contributed by atoms with Gasteiger partial charge in [-0.1, -0.05) is 0 Å². The third-order valence-corrected chi connectivity index (χ3v) is 3.11. The second kappa shape index (κ2) is 9.85. The molecule has 0 aromatic heterocycles. The van der Waals surface area contributed by atoms with Crippen molar-refractivity contribution in [1.29, 1.82) is 0 Å². The molecule has 0 aliphatic rings. The van der Waals surface area contributed by atoms with E-state index in [1.807, 2.05) is 4.74 Å². The number of ether oxygens (including phenoxy) is 5. The lowest BCUT2D eigenvalue weighted by Gasteiger charge is -2.37. The van der Waals surface area contributed by atoms with E-state index in [0.29, 0.717) is 7.11 Å². The zero-order chi connectivity index (χ0) is 30.3. The van der Waals surface area contributed by atoms with Crippen molar-refractivity contribution in [2.24, 2.45) is 0 Å². The van der Waals surface area contributed by atoms with Crippen LogP contribution in [0.1, 0.15) is 0 Å². The number of carbonyl (C=O) groups excluding carboxylic acids is 1. The molecule has 0 rings (SSSR count). The second-order valence-corrected chi connectivity index (χ2v) is 5.92. The summed E-state index contributed by atoms with van der Waals surface area (Å²) in [7, 11) is 0.423. The van der Waals surface area contributed by atoms with Gasteiger partial charge in [-0.05, 0) is 0 Å². The Hall–Kier alpha value is -2.18. The van der Waals surface area contributed by atoms with Crippen molar-refractivity contribution < 1.29 is 112 Å². The van der Waals surface area contributed by atoms with Gasteiger partial charge in [0.15, 0.2) is 6.61 Å². The Bertz CT molecular complexity index is 806. The fourth-order valence-electron chi connectivity index (χ4n) is 1.40. The van der Waals surface area contributed by atoms with Crippen LogP contribution in [0.3, 0.4) is 0 Å². The minimum atomic E-state index is -8.20. The third-order valence-electron chi connectivity index (χ3n) is 3.11. The van der Waals surface area contributed by atoms with Gasteiger partial charge in [0.25, 0.3) is 0 Å². The smallest absolute Gasteiger partial charge is 0.438 e. The molecule has 0 atom stereocenters. The van der Waals surface area contributed by atoms with Crippen LogP contribution in [0.15, 0.2) is 0 Å². The molecule has 222 valence electrons. The van der Waals surface area contributed by atoms with E-state index in [0.717, 1.165) is 4.74 Å². The fourth-order valence-corrected chi connectivity index (χ4v) is 1.40. The molecule has 0 unspecified atom stereocenters. The zero-order valence-electron chi connectivity index (χ0n) is 16.3. The molecular weight excluding hydrogens is 601 g/mol. The average molecular weight is 606 g/mol. The molecule has 0 radical (unpaired) electrons. The van der Waals surface area contributed by atoms with E-state index in [1.54, 1.807) is 0 Å². The maximum Gasteiger partial charge on any atom is 0.508 e. The predicted octanol–water partition coefficient (Wildman–Crippen LogP) is 6.21. The Morgan fingerprint density at radius 1 is 0.514 bits per heavy atom. The summed E-state index contributed by atoms with van der Waals surface area (Å²) < 4.78 is 255. The SMILES string of the molecule is COC(=O)OCC(F)(F)OC(F)(F)C(F)(F)OC(F)(F)C(F)(F)OC(F)(F)C(F)(F)C(F)(F)C(F)(F)F. The maximum atomic E-state index is 13.2. The molecule has 0 bridgehead atoms. The molecule has 0 N–H and O–H groups in total. The second-order valence-electron chi connectivity index (χ2n) is 5.92. The van der Waals surface area contributed by atoms with Crippen molar-refractivity contribution in [2.75, 3.05) is 13.7 Å². The van der Waals surface area contributed by atoms with Gasteiger partial charge in [-0.15, -0.1) is 0 Å². The molecule has 0 saturated heterocycles. The van der Waals surface area contributed by atoms with Crippen LogP contribution in [0.5, 0.6) is 0 Å². The topological polar surface area (TPSA) is 63.2 Å². The lowest BCUT2D eigenvalue weighted by molar-refractivity contribution is -0.569. The predicted molar refractivity (Wildman–Crippen MR) is 67.2 cm³/mol. The van der Waals surface area contributed by atoms with Gasteiger partial charge >= 0.3 is 60.8 Å². The van der Waals surface area contributed by atoms with Crippen LogP contribution in [0, 0.1) is 0 Å². The van der Waals surface area contributed by atoms with E-state index in [-0.39, 0.29) is 0 Å². The maximum absolute atomic E-state index is 13.2. The zero-order valence-corrected chi connectivity index (χ0v) is 16.3. The summed E-state index contributed by atoms with van der Waals surface area (Å²) in [6, 6.07) is 0. The Balaban J connectivity index is 5.98. The first-order chi connectivity index (χ1) is 15.8. The molecule has 0 fully saturated rings. The van der Waals surface area contributed by atoms with Crippen LogP contribution < -0.4 is 0 Å². The number of halogens is 19. The summed E-state index contributed by atoms with van der Waals surface area (Å²) in [5.74, 6) is -16.2. The van der Waals surface area contributed by atoms with Crippen molar-refractivity contribution >= 4 is 6.16 Å². The van der Waals surface area contributed by atoms with Gasteiger partial charge in [0.1, 0.15) is 0 Å². The normalized spacial score (nSPS) is 15.6. The summed E-state index contributed by atoms with van der Waals surface area (Å²) in [5.41, 5.74) is 0. The quantitative estimate of drug-likeness (QED) is 0.195. The van der Waals surface area contributed by atoms with Crippen molar-refractivity contribution in [3.8, 4) is 0 Å². The van der Waals surface area contributed by atoms with Crippen LogP contribution in [-0.4, -0.2) is 74.5 Å². The number of hydrogen-bond donors (Lipinski definition) is 0. The van der Waals surface area contributed by atoms with Gasteiger partial charge in [-0.25, -0.2) is 19.0 Å². The summed E-state index contributed by atoms with van der Waals surface area (Å²) in [6.45, 7) is -2.77. The molecule has 6 nitrogen and oxygen atoms in total.